The lowest BCUT2D eigenvalue weighted by Gasteiger charge is -2.22. The van der Waals surface area contributed by atoms with Crippen molar-refractivity contribution in [3.63, 3.8) is 0 Å². The second kappa shape index (κ2) is 2.20. The molecule has 0 aliphatic carbocycles. The largest absolute Gasteiger partial charge is 0.516 e. The number of rotatable bonds is 0. The highest BCUT2D eigenvalue weighted by Crippen LogP contribution is 2.50. The highest BCUT2D eigenvalue weighted by Gasteiger charge is 2.82. The average molecular weight is 210 g/mol. The van der Waals surface area contributed by atoms with Gasteiger partial charge in [0.25, 0.3) is 0 Å². The van der Waals surface area contributed by atoms with E-state index in [0.717, 1.165) is 0 Å². The van der Waals surface area contributed by atoms with Crippen molar-refractivity contribution >= 4 is 6.16 Å². The molecule has 1 aliphatic heterocycles. The summed E-state index contributed by atoms with van der Waals surface area (Å²) >= 11 is 0. The number of hydrogen-bond acceptors (Lipinski definition) is 3. The fourth-order valence-corrected chi connectivity index (χ4v) is 0.588. The molecule has 1 atom stereocenters. The molecule has 1 fully saturated rings. The van der Waals surface area contributed by atoms with Gasteiger partial charge in [0.05, 0.1) is 0 Å². The molecule has 0 saturated carbocycles. The minimum Gasteiger partial charge on any atom is -0.379 e. The maximum Gasteiger partial charge on any atom is 0.516 e. The fourth-order valence-electron chi connectivity index (χ4n) is 0.588. The van der Waals surface area contributed by atoms with Gasteiger partial charge in [-0.2, -0.15) is 26.3 Å². The van der Waals surface area contributed by atoms with Crippen LogP contribution >= 0.6 is 0 Å². The number of halogens is 6. The molecule has 1 aliphatic rings. The van der Waals surface area contributed by atoms with E-state index in [4.69, 9.17) is 0 Å². The fraction of sp³-hybridized carbons (Fsp3) is 0.750. The molecule has 0 spiro atoms. The third kappa shape index (κ3) is 1.18. The Morgan fingerprint density at radius 3 is 1.69 bits per heavy atom. The van der Waals surface area contributed by atoms with Gasteiger partial charge in [0.1, 0.15) is 0 Å². The highest BCUT2D eigenvalue weighted by atomic mass is 19.4. The summed E-state index contributed by atoms with van der Waals surface area (Å²) in [5.74, 6) is -5.41. The van der Waals surface area contributed by atoms with Crippen LogP contribution in [-0.4, -0.2) is 24.3 Å². The van der Waals surface area contributed by atoms with Crippen LogP contribution in [0.4, 0.5) is 31.1 Å². The summed E-state index contributed by atoms with van der Waals surface area (Å²) in [4.78, 5) is 9.86. The van der Waals surface area contributed by atoms with Gasteiger partial charge >= 0.3 is 24.3 Å². The van der Waals surface area contributed by atoms with E-state index in [1.807, 2.05) is 0 Å². The molecule has 0 bridgehead atoms. The Morgan fingerprint density at radius 2 is 1.54 bits per heavy atom. The van der Waals surface area contributed by atoms with Gasteiger partial charge in [-0.3, -0.25) is 0 Å². The van der Waals surface area contributed by atoms with Crippen LogP contribution in [-0.2, 0) is 9.47 Å². The lowest BCUT2D eigenvalue weighted by Crippen LogP contribution is -2.53. The van der Waals surface area contributed by atoms with E-state index in [2.05, 4.69) is 9.47 Å². The lowest BCUT2D eigenvalue weighted by atomic mass is 10.3. The van der Waals surface area contributed by atoms with E-state index < -0.39 is 24.3 Å². The molecular weight excluding hydrogens is 210 g/mol. The summed E-state index contributed by atoms with van der Waals surface area (Å²) in [5, 5.41) is 0. The summed E-state index contributed by atoms with van der Waals surface area (Å²) < 4.78 is 76.8. The number of carbonyl (C=O) groups is 1. The Bertz CT molecular complexity index is 247. The standard InChI is InChI=1S/C4F6O3/c5-2(3(6,7)8)4(9,10)13-1(11)12-2/t2-/m1/s1. The SMILES string of the molecule is O=C1OC(F)(F)[C@@](F)(C(F)(F)F)O1. The molecule has 0 unspecified atom stereocenters. The van der Waals surface area contributed by atoms with Crippen molar-refractivity contribution in [1.82, 2.24) is 0 Å². The molecule has 0 aromatic rings. The quantitative estimate of drug-likeness (QED) is 0.453. The molecule has 1 rings (SSSR count). The lowest BCUT2D eigenvalue weighted by molar-refractivity contribution is -0.392. The predicted molar refractivity (Wildman–Crippen MR) is 22.4 cm³/mol. The van der Waals surface area contributed by atoms with Crippen LogP contribution < -0.4 is 0 Å². The number of hydrogen-bond donors (Lipinski definition) is 0. The van der Waals surface area contributed by atoms with Crippen LogP contribution in [0.5, 0.6) is 0 Å². The zero-order valence-corrected chi connectivity index (χ0v) is 5.49. The summed E-state index contributed by atoms with van der Waals surface area (Å²) in [6, 6.07) is 0. The molecule has 0 aromatic carbocycles. The minimum absolute atomic E-state index is 2.41. The van der Waals surface area contributed by atoms with Gasteiger partial charge in [0.15, 0.2) is 0 Å². The van der Waals surface area contributed by atoms with E-state index in [9.17, 15) is 31.1 Å². The molecular formula is C4F6O3. The second-order valence-corrected chi connectivity index (χ2v) is 2.06. The van der Waals surface area contributed by atoms with Crippen molar-refractivity contribution in [2.45, 2.75) is 18.1 Å². The van der Waals surface area contributed by atoms with Crippen LogP contribution in [0.3, 0.4) is 0 Å². The van der Waals surface area contributed by atoms with Gasteiger partial charge in [0, 0.05) is 0 Å². The highest BCUT2D eigenvalue weighted by molar-refractivity contribution is 5.63. The number of cyclic esters (lactones) is 2. The first kappa shape index (κ1) is 9.93. The van der Waals surface area contributed by atoms with Crippen molar-refractivity contribution in [3.8, 4) is 0 Å². The van der Waals surface area contributed by atoms with Crippen molar-refractivity contribution in [2.75, 3.05) is 0 Å². The van der Waals surface area contributed by atoms with Crippen LogP contribution in [0.2, 0.25) is 0 Å². The van der Waals surface area contributed by atoms with E-state index in [-0.39, 0.29) is 0 Å². The third-order valence-corrected chi connectivity index (χ3v) is 1.17. The summed E-state index contributed by atoms with van der Waals surface area (Å²) in [6.07, 6.45) is -13.8. The molecule has 0 amide bonds. The van der Waals surface area contributed by atoms with E-state index in [1.165, 1.54) is 0 Å². The Hall–Kier alpha value is -1.15. The molecule has 0 N–H and O–H groups in total. The van der Waals surface area contributed by atoms with Crippen molar-refractivity contribution in [2.24, 2.45) is 0 Å². The topological polar surface area (TPSA) is 35.5 Å². The molecule has 0 radical (unpaired) electrons. The zero-order chi connectivity index (χ0) is 10.5. The van der Waals surface area contributed by atoms with Crippen LogP contribution in [0.1, 0.15) is 0 Å². The van der Waals surface area contributed by atoms with Gasteiger partial charge < -0.3 is 9.47 Å². The maximum atomic E-state index is 12.4. The molecule has 1 saturated heterocycles. The van der Waals surface area contributed by atoms with E-state index >= 15 is 0 Å². The van der Waals surface area contributed by atoms with Crippen molar-refractivity contribution < 1.29 is 40.6 Å². The predicted octanol–water partition coefficient (Wildman–Crippen LogP) is 1.97. The van der Waals surface area contributed by atoms with Crippen molar-refractivity contribution in [3.05, 3.63) is 0 Å². The van der Waals surface area contributed by atoms with Gasteiger partial charge in [0.2, 0.25) is 0 Å². The summed E-state index contributed by atoms with van der Waals surface area (Å²) in [7, 11) is 0. The first-order valence-electron chi connectivity index (χ1n) is 2.65. The smallest absolute Gasteiger partial charge is 0.379 e. The number of alkyl halides is 6. The first-order chi connectivity index (χ1) is 5.60. The van der Waals surface area contributed by atoms with E-state index in [0.29, 0.717) is 0 Å². The second-order valence-electron chi connectivity index (χ2n) is 2.06. The van der Waals surface area contributed by atoms with Gasteiger partial charge in [-0.05, 0) is 0 Å². The monoisotopic (exact) mass is 210 g/mol. The normalized spacial score (nSPS) is 32.6. The van der Waals surface area contributed by atoms with Gasteiger partial charge in [-0.15, -0.1) is 0 Å². The minimum atomic E-state index is -6.05. The molecule has 3 nitrogen and oxygen atoms in total. The molecule has 9 heteroatoms. The Kier molecular flexibility index (Phi) is 1.68. The zero-order valence-electron chi connectivity index (χ0n) is 5.49. The third-order valence-electron chi connectivity index (χ3n) is 1.17. The molecule has 13 heavy (non-hydrogen) atoms. The van der Waals surface area contributed by atoms with E-state index in [1.54, 1.807) is 0 Å². The first-order valence-corrected chi connectivity index (χ1v) is 2.65. The molecule has 76 valence electrons. The Balaban J connectivity index is 3.10. The Morgan fingerprint density at radius 1 is 1.08 bits per heavy atom. The van der Waals surface area contributed by atoms with Crippen molar-refractivity contribution in [1.29, 1.82) is 0 Å². The number of ether oxygens (including phenoxy) is 2. The van der Waals surface area contributed by atoms with Crippen LogP contribution in [0, 0.1) is 0 Å². The van der Waals surface area contributed by atoms with Crippen LogP contribution in [0.15, 0.2) is 0 Å². The van der Waals surface area contributed by atoms with Gasteiger partial charge in [-0.1, -0.05) is 0 Å². The maximum absolute atomic E-state index is 12.4. The summed E-state index contributed by atoms with van der Waals surface area (Å²) in [6.45, 7) is 0. The Labute approximate surface area is 66.2 Å². The average Bonchev–Trinajstić information content (AvgIpc) is 2.00. The molecule has 1 heterocycles. The summed E-state index contributed by atoms with van der Waals surface area (Å²) in [5.41, 5.74) is 0. The van der Waals surface area contributed by atoms with Crippen LogP contribution in [0.25, 0.3) is 0 Å². The van der Waals surface area contributed by atoms with Gasteiger partial charge in [-0.25, -0.2) is 4.79 Å². The number of carbonyl (C=O) groups excluding carboxylic acids is 1. The molecule has 0 aromatic heterocycles.